The van der Waals surface area contributed by atoms with Crippen LogP contribution in [0, 0.1) is 0 Å². The molecule has 1 N–H and O–H groups in total. The summed E-state index contributed by atoms with van der Waals surface area (Å²) in [5.41, 5.74) is -0.472. The van der Waals surface area contributed by atoms with Gasteiger partial charge in [-0.2, -0.15) is 17.5 Å². The summed E-state index contributed by atoms with van der Waals surface area (Å²) in [4.78, 5) is 16.7. The van der Waals surface area contributed by atoms with Crippen LogP contribution in [0.5, 0.6) is 0 Å². The van der Waals surface area contributed by atoms with E-state index < -0.39 is 33.7 Å². The van der Waals surface area contributed by atoms with Crippen LogP contribution < -0.4 is 5.32 Å². The summed E-state index contributed by atoms with van der Waals surface area (Å²) in [6.45, 7) is -0.164. The zero-order valence-electron chi connectivity index (χ0n) is 16.4. The number of hydrogen-bond donors (Lipinski definition) is 1. The topological polar surface area (TPSA) is 92.5 Å². The van der Waals surface area contributed by atoms with Crippen LogP contribution in [0.15, 0.2) is 52.2 Å². The Labute approximate surface area is 186 Å². The minimum Gasteiger partial charge on any atom is -0.443 e. The number of fused-ring (bicyclic) bond motifs is 1. The molecular weight excluding hydrogens is 471 g/mol. The van der Waals surface area contributed by atoms with Gasteiger partial charge in [-0.1, -0.05) is 11.6 Å². The van der Waals surface area contributed by atoms with Crippen molar-refractivity contribution in [3.05, 3.63) is 58.9 Å². The van der Waals surface area contributed by atoms with E-state index in [-0.39, 0.29) is 35.2 Å². The SMILES string of the molecule is O=C(NCc1cc(C(F)(F)F)ccc1Cl)[C@@H]1CCCN1S(=O)(=O)c1cc2cnccc2o1. The molecule has 7 nitrogen and oxygen atoms in total. The molecule has 0 unspecified atom stereocenters. The van der Waals surface area contributed by atoms with Crippen molar-refractivity contribution in [1.82, 2.24) is 14.6 Å². The van der Waals surface area contributed by atoms with Gasteiger partial charge in [-0.3, -0.25) is 9.78 Å². The minimum absolute atomic E-state index is 0.0603. The normalized spacial score (nSPS) is 17.7. The Balaban J connectivity index is 1.52. The van der Waals surface area contributed by atoms with Crippen LogP contribution in [0.25, 0.3) is 11.0 Å². The highest BCUT2D eigenvalue weighted by molar-refractivity contribution is 7.89. The van der Waals surface area contributed by atoms with E-state index in [1.54, 1.807) is 0 Å². The smallest absolute Gasteiger partial charge is 0.416 e. The van der Waals surface area contributed by atoms with Crippen molar-refractivity contribution in [3.63, 3.8) is 0 Å². The number of rotatable bonds is 5. The largest absolute Gasteiger partial charge is 0.443 e. The summed E-state index contributed by atoms with van der Waals surface area (Å²) in [5, 5.41) is 2.76. The second-order valence-electron chi connectivity index (χ2n) is 7.27. The lowest BCUT2D eigenvalue weighted by Gasteiger charge is -2.22. The molecule has 3 heterocycles. The van der Waals surface area contributed by atoms with E-state index in [0.29, 0.717) is 17.4 Å². The molecule has 170 valence electrons. The summed E-state index contributed by atoms with van der Waals surface area (Å²) in [7, 11) is -4.11. The monoisotopic (exact) mass is 487 g/mol. The lowest BCUT2D eigenvalue weighted by molar-refractivity contribution is -0.137. The molecule has 1 aromatic carbocycles. The summed E-state index contributed by atoms with van der Waals surface area (Å²) >= 11 is 5.97. The quantitative estimate of drug-likeness (QED) is 0.588. The molecule has 0 radical (unpaired) electrons. The first-order valence-electron chi connectivity index (χ1n) is 9.56. The fraction of sp³-hybridized carbons (Fsp3) is 0.300. The highest BCUT2D eigenvalue weighted by Crippen LogP contribution is 2.32. The van der Waals surface area contributed by atoms with Crippen LogP contribution in [-0.4, -0.2) is 36.2 Å². The van der Waals surface area contributed by atoms with Gasteiger partial charge in [-0.05, 0) is 42.7 Å². The number of alkyl halides is 3. The number of benzene rings is 1. The molecule has 0 spiro atoms. The Morgan fingerprint density at radius 1 is 1.28 bits per heavy atom. The molecule has 0 saturated carbocycles. The van der Waals surface area contributed by atoms with Crippen molar-refractivity contribution in [3.8, 4) is 0 Å². The van der Waals surface area contributed by atoms with E-state index in [2.05, 4.69) is 10.3 Å². The lowest BCUT2D eigenvalue weighted by Crippen LogP contribution is -2.45. The lowest BCUT2D eigenvalue weighted by atomic mass is 10.1. The second-order valence-corrected chi connectivity index (χ2v) is 9.50. The van der Waals surface area contributed by atoms with E-state index in [1.165, 1.54) is 24.5 Å². The molecule has 0 bridgehead atoms. The Morgan fingerprint density at radius 2 is 2.06 bits per heavy atom. The number of pyridine rings is 1. The maximum atomic E-state index is 13.1. The van der Waals surface area contributed by atoms with E-state index in [0.717, 1.165) is 22.5 Å². The molecule has 12 heteroatoms. The van der Waals surface area contributed by atoms with E-state index in [1.807, 2.05) is 0 Å². The van der Waals surface area contributed by atoms with Gasteiger partial charge in [0.1, 0.15) is 11.6 Å². The standard InChI is InChI=1S/C20H17ClF3N3O4S/c21-15-4-3-14(20(22,23)24)8-12(15)11-26-19(28)16-2-1-7-27(16)32(29,30)18-9-13-10-25-6-5-17(13)31-18/h3-6,8-10,16H,1-2,7,11H2,(H,26,28)/t16-/m0/s1. The Kier molecular flexibility index (Phi) is 5.91. The van der Waals surface area contributed by atoms with Crippen LogP contribution in [0.3, 0.4) is 0 Å². The van der Waals surface area contributed by atoms with Crippen LogP contribution in [-0.2, 0) is 27.5 Å². The number of hydrogen-bond acceptors (Lipinski definition) is 5. The molecule has 1 amide bonds. The molecule has 1 atom stereocenters. The number of carbonyl (C=O) groups excluding carboxylic acids is 1. The summed E-state index contributed by atoms with van der Waals surface area (Å²) in [6.07, 6.45) is -0.910. The van der Waals surface area contributed by atoms with Gasteiger partial charge in [-0.15, -0.1) is 0 Å². The van der Waals surface area contributed by atoms with Gasteiger partial charge < -0.3 is 9.73 Å². The average Bonchev–Trinajstić information content (AvgIpc) is 3.40. The van der Waals surface area contributed by atoms with Crippen LogP contribution >= 0.6 is 11.6 Å². The minimum atomic E-state index is -4.55. The average molecular weight is 488 g/mol. The third-order valence-corrected chi connectivity index (χ3v) is 7.32. The summed E-state index contributed by atoms with van der Waals surface area (Å²) in [5.74, 6) is -0.627. The second kappa shape index (κ2) is 8.38. The Bertz CT molecular complexity index is 1240. The molecule has 1 fully saturated rings. The van der Waals surface area contributed by atoms with Gasteiger partial charge in [0.05, 0.1) is 5.56 Å². The predicted octanol–water partition coefficient (Wildman–Crippen LogP) is 3.97. The maximum Gasteiger partial charge on any atom is 0.416 e. The van der Waals surface area contributed by atoms with E-state index >= 15 is 0 Å². The van der Waals surface area contributed by atoms with Crippen molar-refractivity contribution in [2.75, 3.05) is 6.54 Å². The van der Waals surface area contributed by atoms with Gasteiger partial charge in [0.15, 0.2) is 0 Å². The molecule has 4 rings (SSSR count). The Morgan fingerprint density at radius 3 is 2.78 bits per heavy atom. The maximum absolute atomic E-state index is 13.1. The zero-order chi connectivity index (χ0) is 23.1. The number of halogens is 4. The first kappa shape index (κ1) is 22.6. The fourth-order valence-electron chi connectivity index (χ4n) is 3.58. The third kappa shape index (κ3) is 4.32. The van der Waals surface area contributed by atoms with Gasteiger partial charge in [-0.25, -0.2) is 8.42 Å². The van der Waals surface area contributed by atoms with Gasteiger partial charge in [0.25, 0.3) is 10.0 Å². The first-order chi connectivity index (χ1) is 15.1. The predicted molar refractivity (Wildman–Crippen MR) is 109 cm³/mol. The number of sulfonamides is 1. The molecule has 32 heavy (non-hydrogen) atoms. The summed E-state index contributed by atoms with van der Waals surface area (Å²) < 4.78 is 71.5. The first-order valence-corrected chi connectivity index (χ1v) is 11.4. The van der Waals surface area contributed by atoms with Crippen molar-refractivity contribution in [2.24, 2.45) is 0 Å². The van der Waals surface area contributed by atoms with Crippen LogP contribution in [0.4, 0.5) is 13.2 Å². The van der Waals surface area contributed by atoms with Crippen LogP contribution in [0.2, 0.25) is 5.02 Å². The molecule has 1 aliphatic heterocycles. The van der Waals surface area contributed by atoms with Crippen LogP contribution in [0.1, 0.15) is 24.0 Å². The number of nitrogens with one attached hydrogen (secondary N) is 1. The molecule has 1 saturated heterocycles. The highest BCUT2D eigenvalue weighted by Gasteiger charge is 2.41. The van der Waals surface area contributed by atoms with Gasteiger partial charge in [0, 0.05) is 42.0 Å². The van der Waals surface area contributed by atoms with E-state index in [4.69, 9.17) is 16.0 Å². The summed E-state index contributed by atoms with van der Waals surface area (Å²) in [6, 6.07) is 4.66. The van der Waals surface area contributed by atoms with Crippen molar-refractivity contribution in [1.29, 1.82) is 0 Å². The molecule has 0 aliphatic carbocycles. The van der Waals surface area contributed by atoms with Crippen molar-refractivity contribution in [2.45, 2.75) is 36.7 Å². The van der Waals surface area contributed by atoms with Gasteiger partial charge in [0.2, 0.25) is 11.0 Å². The van der Waals surface area contributed by atoms with Crippen molar-refractivity contribution >= 4 is 38.5 Å². The zero-order valence-corrected chi connectivity index (χ0v) is 18.0. The number of nitrogens with zero attached hydrogens (tertiary/aromatic N) is 2. The Hall–Kier alpha value is -2.63. The van der Waals surface area contributed by atoms with E-state index in [9.17, 15) is 26.4 Å². The van der Waals surface area contributed by atoms with Crippen molar-refractivity contribution < 1.29 is 30.8 Å². The molecule has 2 aromatic heterocycles. The number of amides is 1. The number of carbonyl (C=O) groups is 1. The molecule has 1 aliphatic rings. The van der Waals surface area contributed by atoms with Gasteiger partial charge >= 0.3 is 6.18 Å². The number of furan rings is 1. The molecule has 3 aromatic rings. The number of aromatic nitrogens is 1. The third-order valence-electron chi connectivity index (χ3n) is 5.19. The highest BCUT2D eigenvalue weighted by atomic mass is 35.5. The fourth-order valence-corrected chi connectivity index (χ4v) is 5.37. The molecular formula is C20H17ClF3N3O4S.